The van der Waals surface area contributed by atoms with Crippen molar-refractivity contribution in [2.45, 2.75) is 44.8 Å². The highest BCUT2D eigenvalue weighted by atomic mass is 32.2. The first-order chi connectivity index (χ1) is 19.2. The van der Waals surface area contributed by atoms with Gasteiger partial charge in [0, 0.05) is 42.7 Å². The Bertz CT molecular complexity index is 1750. The lowest BCUT2D eigenvalue weighted by Crippen LogP contribution is -2.55. The van der Waals surface area contributed by atoms with E-state index in [1.54, 1.807) is 47.4 Å². The molecule has 1 saturated heterocycles. The van der Waals surface area contributed by atoms with Crippen molar-refractivity contribution in [1.82, 2.24) is 10.2 Å². The van der Waals surface area contributed by atoms with E-state index in [1.165, 1.54) is 6.26 Å². The van der Waals surface area contributed by atoms with E-state index in [2.05, 4.69) is 21.9 Å². The predicted molar refractivity (Wildman–Crippen MR) is 155 cm³/mol. The van der Waals surface area contributed by atoms with Crippen LogP contribution in [0.2, 0.25) is 0 Å². The molecule has 0 spiro atoms. The van der Waals surface area contributed by atoms with E-state index in [4.69, 9.17) is 9.15 Å². The number of hydrogen-bond acceptors (Lipinski definition) is 7. The molecule has 0 radical (unpaired) electrons. The van der Waals surface area contributed by atoms with Crippen LogP contribution in [0.25, 0.3) is 22.1 Å². The molecule has 2 fully saturated rings. The fourth-order valence-electron chi connectivity index (χ4n) is 4.53. The van der Waals surface area contributed by atoms with Crippen LogP contribution in [0.4, 0.5) is 10.5 Å². The lowest BCUT2D eigenvalue weighted by Gasteiger charge is -2.38. The zero-order chi connectivity index (χ0) is 29.6. The molecule has 1 aliphatic carbocycles. The normalized spacial score (nSPS) is 16.2. The van der Waals surface area contributed by atoms with Crippen molar-refractivity contribution < 1.29 is 27.2 Å². The Hall–Kier alpha value is -4.30. The van der Waals surface area contributed by atoms with E-state index in [0.717, 1.165) is 6.26 Å². The van der Waals surface area contributed by atoms with Crippen molar-refractivity contribution in [3.8, 4) is 23.0 Å². The fraction of sp³-hybridized carbons (Fsp3) is 0.367. The van der Waals surface area contributed by atoms with E-state index in [-0.39, 0.29) is 17.3 Å². The maximum absolute atomic E-state index is 13.1. The number of sulfonamides is 1. The first kappa shape index (κ1) is 28.2. The number of hydrogen-bond donors (Lipinski definition) is 2. The van der Waals surface area contributed by atoms with Crippen LogP contribution in [0.3, 0.4) is 0 Å². The summed E-state index contributed by atoms with van der Waals surface area (Å²) in [6.07, 6.45) is 2.90. The van der Waals surface area contributed by atoms with Gasteiger partial charge in [-0.15, -0.1) is 0 Å². The van der Waals surface area contributed by atoms with Crippen molar-refractivity contribution in [1.29, 1.82) is 0 Å². The molecular weight excluding hydrogens is 546 g/mol. The van der Waals surface area contributed by atoms with Gasteiger partial charge in [-0.3, -0.25) is 14.3 Å². The van der Waals surface area contributed by atoms with E-state index in [0.29, 0.717) is 59.3 Å². The molecule has 1 aliphatic heterocycles. The smallest absolute Gasteiger partial charge is 0.408 e. The van der Waals surface area contributed by atoms with Gasteiger partial charge in [0.2, 0.25) is 10.0 Å². The van der Waals surface area contributed by atoms with Crippen LogP contribution < -0.4 is 15.5 Å². The van der Waals surface area contributed by atoms with Crippen molar-refractivity contribution in [3.05, 3.63) is 64.5 Å². The number of fused-ring (bicyclic) bond motifs is 1. The maximum atomic E-state index is 13.1. The summed E-state index contributed by atoms with van der Waals surface area (Å²) >= 11 is 0. The topological polar surface area (TPSA) is 135 Å². The molecule has 3 aromatic rings. The second kappa shape index (κ2) is 10.3. The highest BCUT2D eigenvalue weighted by Gasteiger charge is 2.57. The van der Waals surface area contributed by atoms with E-state index in [9.17, 15) is 22.8 Å². The Balaban J connectivity index is 1.22. The van der Waals surface area contributed by atoms with Gasteiger partial charge in [0.05, 0.1) is 23.1 Å². The molecule has 2 amide bonds. The minimum Gasteiger partial charge on any atom is -0.463 e. The summed E-state index contributed by atoms with van der Waals surface area (Å²) in [5.41, 5.74) is 0.702. The third-order valence-electron chi connectivity index (χ3n) is 6.72. The molecule has 1 saturated carbocycles. The van der Waals surface area contributed by atoms with Gasteiger partial charge >= 0.3 is 6.09 Å². The number of anilines is 1. The highest BCUT2D eigenvalue weighted by Crippen LogP contribution is 2.42. The number of nitrogens with one attached hydrogen (secondary N) is 2. The van der Waals surface area contributed by atoms with Gasteiger partial charge < -0.3 is 19.4 Å². The molecule has 2 aliphatic rings. The second-order valence-corrected chi connectivity index (χ2v) is 13.3. The van der Waals surface area contributed by atoms with Gasteiger partial charge in [0.15, 0.2) is 11.0 Å². The minimum atomic E-state index is -3.40. The van der Waals surface area contributed by atoms with E-state index >= 15 is 0 Å². The third-order valence-corrected chi connectivity index (χ3v) is 7.33. The Labute approximate surface area is 238 Å². The summed E-state index contributed by atoms with van der Waals surface area (Å²) in [6, 6.07) is 11.6. The Morgan fingerprint density at radius 1 is 1.10 bits per heavy atom. The van der Waals surface area contributed by atoms with Crippen LogP contribution in [0, 0.1) is 17.8 Å². The third kappa shape index (κ3) is 6.55. The minimum absolute atomic E-state index is 0.0107. The van der Waals surface area contributed by atoms with Gasteiger partial charge in [-0.05, 0) is 56.7 Å². The van der Waals surface area contributed by atoms with Crippen molar-refractivity contribution in [2.75, 3.05) is 24.1 Å². The molecule has 10 nitrogen and oxygen atoms in total. The molecule has 0 bridgehead atoms. The number of benzene rings is 2. The monoisotopic (exact) mass is 577 g/mol. The molecule has 0 atom stereocenters. The largest absolute Gasteiger partial charge is 0.463 e. The number of carbonyl (C=O) groups is 2. The molecule has 5 rings (SSSR count). The molecule has 2 heterocycles. The highest BCUT2D eigenvalue weighted by molar-refractivity contribution is 7.92. The van der Waals surface area contributed by atoms with Crippen LogP contribution in [0.15, 0.2) is 57.9 Å². The zero-order valence-electron chi connectivity index (χ0n) is 23.2. The number of rotatable bonds is 5. The summed E-state index contributed by atoms with van der Waals surface area (Å²) in [5.74, 6) is 6.08. The molecule has 0 unspecified atom stereocenters. The van der Waals surface area contributed by atoms with Crippen molar-refractivity contribution in [3.63, 3.8) is 0 Å². The Morgan fingerprint density at radius 2 is 1.78 bits per heavy atom. The number of likely N-dealkylation sites (tertiary alicyclic amines) is 1. The number of carbonyl (C=O) groups excluding carboxylic acids is 2. The lowest BCUT2D eigenvalue weighted by molar-refractivity contribution is -0.148. The SMILES string of the molecule is CC(C)(C)NC(=O)OC1(C(=O)N2CC(C#Cc3ccc4c(=O)c(-c5ccc(NS(C)(=O)=O)cc5)coc4c3)C2)CC1. The predicted octanol–water partition coefficient (Wildman–Crippen LogP) is 3.70. The van der Waals surface area contributed by atoms with Crippen LogP contribution in [-0.4, -0.2) is 55.8 Å². The lowest BCUT2D eigenvalue weighted by atomic mass is 9.98. The summed E-state index contributed by atoms with van der Waals surface area (Å²) in [4.78, 5) is 39.9. The molecule has 11 heteroatoms. The van der Waals surface area contributed by atoms with Crippen LogP contribution >= 0.6 is 0 Å². The van der Waals surface area contributed by atoms with Crippen molar-refractivity contribution >= 4 is 38.7 Å². The van der Waals surface area contributed by atoms with Crippen LogP contribution in [-0.2, 0) is 19.6 Å². The van der Waals surface area contributed by atoms with Crippen LogP contribution in [0.1, 0.15) is 39.2 Å². The Morgan fingerprint density at radius 3 is 2.39 bits per heavy atom. The number of ether oxygens (including phenoxy) is 1. The molecule has 2 aromatic carbocycles. The van der Waals surface area contributed by atoms with E-state index in [1.807, 2.05) is 20.8 Å². The average molecular weight is 578 g/mol. The van der Waals surface area contributed by atoms with Gasteiger partial charge in [-0.2, -0.15) is 0 Å². The molecular formula is C30H31N3O7S. The summed E-state index contributed by atoms with van der Waals surface area (Å²) in [7, 11) is -3.40. The standard InChI is InChI=1S/C30H31N3O7S/c1-29(2,3)31-28(36)40-30(13-14-30)27(35)33-16-20(17-33)6-5-19-7-12-23-25(15-19)39-18-24(26(23)34)21-8-10-22(11-9-21)32-41(4,37)38/h7-12,15,18,20,32H,13-14,16-17H2,1-4H3,(H,31,36). The second-order valence-electron chi connectivity index (χ2n) is 11.6. The molecule has 1 aromatic heterocycles. The van der Waals surface area contributed by atoms with Crippen molar-refractivity contribution in [2.24, 2.45) is 5.92 Å². The van der Waals surface area contributed by atoms with Crippen LogP contribution in [0.5, 0.6) is 0 Å². The van der Waals surface area contributed by atoms with Gasteiger partial charge in [0.1, 0.15) is 11.8 Å². The molecule has 41 heavy (non-hydrogen) atoms. The van der Waals surface area contributed by atoms with E-state index < -0.39 is 27.3 Å². The fourth-order valence-corrected chi connectivity index (χ4v) is 5.09. The average Bonchev–Trinajstić information content (AvgIpc) is 3.62. The first-order valence-corrected chi connectivity index (χ1v) is 15.1. The number of amides is 2. The van der Waals surface area contributed by atoms with Gasteiger partial charge in [-0.25, -0.2) is 13.2 Å². The van der Waals surface area contributed by atoms with Gasteiger partial charge in [0.25, 0.3) is 5.91 Å². The summed E-state index contributed by atoms with van der Waals surface area (Å²) in [6.45, 7) is 6.46. The maximum Gasteiger partial charge on any atom is 0.408 e. The quantitative estimate of drug-likeness (QED) is 0.442. The molecule has 2 N–H and O–H groups in total. The molecule has 214 valence electrons. The Kier molecular flexibility index (Phi) is 7.07. The zero-order valence-corrected chi connectivity index (χ0v) is 24.1. The summed E-state index contributed by atoms with van der Waals surface area (Å²) < 4.78 is 36.5. The first-order valence-electron chi connectivity index (χ1n) is 13.2. The number of alkyl carbamates (subject to hydrolysis) is 1. The summed E-state index contributed by atoms with van der Waals surface area (Å²) in [5, 5.41) is 3.13. The number of nitrogens with zero attached hydrogens (tertiary/aromatic N) is 1. The van der Waals surface area contributed by atoms with Gasteiger partial charge in [-0.1, -0.05) is 24.0 Å².